The first kappa shape index (κ1) is 31.9. The molecular formula is C51H30N4OS. The molecule has 5 nitrogen and oxygen atoms in total. The third-order valence-electron chi connectivity index (χ3n) is 11.1. The molecule has 0 unspecified atom stereocenters. The summed E-state index contributed by atoms with van der Waals surface area (Å²) >= 11 is 1.79. The molecule has 0 aliphatic carbocycles. The van der Waals surface area contributed by atoms with E-state index in [0.717, 1.165) is 66.3 Å². The summed E-state index contributed by atoms with van der Waals surface area (Å²) in [7, 11) is 0. The number of para-hydroxylation sites is 2. The summed E-state index contributed by atoms with van der Waals surface area (Å²) < 4.78 is 11.6. The monoisotopic (exact) mass is 746 g/mol. The molecule has 0 aliphatic rings. The van der Waals surface area contributed by atoms with Crippen LogP contribution in [0.5, 0.6) is 0 Å². The van der Waals surface area contributed by atoms with Gasteiger partial charge in [-0.25, -0.2) is 15.0 Å². The highest BCUT2D eigenvalue weighted by atomic mass is 32.1. The van der Waals surface area contributed by atoms with Crippen LogP contribution in [-0.2, 0) is 0 Å². The van der Waals surface area contributed by atoms with Crippen molar-refractivity contribution in [1.29, 1.82) is 0 Å². The number of hydrogen-bond acceptors (Lipinski definition) is 5. The van der Waals surface area contributed by atoms with Crippen molar-refractivity contribution in [2.75, 3.05) is 0 Å². The molecule has 0 bridgehead atoms. The molecule has 0 atom stereocenters. The van der Waals surface area contributed by atoms with Crippen LogP contribution in [0.3, 0.4) is 0 Å². The van der Waals surface area contributed by atoms with E-state index in [1.807, 2.05) is 12.1 Å². The number of rotatable bonds is 5. The Kier molecular flexibility index (Phi) is 7.03. The van der Waals surface area contributed by atoms with Crippen LogP contribution in [0.1, 0.15) is 0 Å². The molecule has 8 aromatic carbocycles. The molecule has 12 aromatic rings. The van der Waals surface area contributed by atoms with E-state index in [0.29, 0.717) is 17.5 Å². The Morgan fingerprint density at radius 2 is 0.947 bits per heavy atom. The van der Waals surface area contributed by atoms with Gasteiger partial charge in [0.2, 0.25) is 0 Å². The summed E-state index contributed by atoms with van der Waals surface area (Å²) in [6.07, 6.45) is 0. The molecule has 4 aromatic heterocycles. The van der Waals surface area contributed by atoms with Gasteiger partial charge in [-0.15, -0.1) is 11.3 Å². The second-order valence-electron chi connectivity index (χ2n) is 14.4. The van der Waals surface area contributed by atoms with Gasteiger partial charge in [0.15, 0.2) is 23.1 Å². The highest BCUT2D eigenvalue weighted by Crippen LogP contribution is 2.42. The lowest BCUT2D eigenvalue weighted by atomic mass is 10.0. The molecule has 0 fully saturated rings. The standard InChI is InChI=1S/C51H30N4OS/c1-3-11-31(12-4-1)32-19-21-33(22-20-32)49-52-50(54-51(53-49)35-23-25-39-38-16-8-10-18-45(38)57-46(39)30-35)34-24-28-44-42(29-34)41-27-26-40-37-15-7-9-17-43(37)55(47(40)48(41)56-44)36-13-5-2-6-14-36/h1-30H. The largest absolute Gasteiger partial charge is 0.454 e. The average Bonchev–Trinajstić information content (AvgIpc) is 3.96. The third kappa shape index (κ3) is 5.12. The predicted molar refractivity (Wildman–Crippen MR) is 236 cm³/mol. The van der Waals surface area contributed by atoms with E-state index in [2.05, 4.69) is 174 Å². The van der Waals surface area contributed by atoms with Crippen LogP contribution in [0.25, 0.3) is 115 Å². The number of aromatic nitrogens is 4. The zero-order valence-corrected chi connectivity index (χ0v) is 31.2. The van der Waals surface area contributed by atoms with Crippen molar-refractivity contribution in [3.8, 4) is 51.0 Å². The molecule has 4 heterocycles. The minimum Gasteiger partial charge on any atom is -0.454 e. The van der Waals surface area contributed by atoms with Gasteiger partial charge in [0.05, 0.1) is 11.0 Å². The molecule has 0 amide bonds. The summed E-state index contributed by atoms with van der Waals surface area (Å²) in [5.41, 5.74) is 10.0. The highest BCUT2D eigenvalue weighted by molar-refractivity contribution is 7.25. The van der Waals surface area contributed by atoms with E-state index < -0.39 is 0 Å². The summed E-state index contributed by atoms with van der Waals surface area (Å²) in [5, 5.41) is 6.90. The van der Waals surface area contributed by atoms with E-state index in [9.17, 15) is 0 Å². The van der Waals surface area contributed by atoms with Gasteiger partial charge in [-0.05, 0) is 65.7 Å². The van der Waals surface area contributed by atoms with Gasteiger partial charge in [-0.1, -0.05) is 127 Å². The molecule has 0 radical (unpaired) electrons. The van der Waals surface area contributed by atoms with Crippen LogP contribution in [0.15, 0.2) is 186 Å². The fourth-order valence-electron chi connectivity index (χ4n) is 8.34. The van der Waals surface area contributed by atoms with Crippen molar-refractivity contribution < 1.29 is 4.42 Å². The Hall–Kier alpha value is -7.41. The summed E-state index contributed by atoms with van der Waals surface area (Å²) in [4.78, 5) is 15.4. The quantitative estimate of drug-likeness (QED) is 0.176. The van der Waals surface area contributed by atoms with Gasteiger partial charge in [0.25, 0.3) is 0 Å². The predicted octanol–water partition coefficient (Wildman–Crippen LogP) is 13.9. The van der Waals surface area contributed by atoms with Gasteiger partial charge in [0, 0.05) is 64.1 Å². The Balaban J connectivity index is 1.05. The van der Waals surface area contributed by atoms with Gasteiger partial charge in [-0.2, -0.15) is 0 Å². The lowest BCUT2D eigenvalue weighted by molar-refractivity contribution is 0.671. The summed E-state index contributed by atoms with van der Waals surface area (Å²) in [6, 6.07) is 63.7. The molecular weight excluding hydrogens is 717 g/mol. The maximum absolute atomic E-state index is 6.78. The van der Waals surface area contributed by atoms with Crippen molar-refractivity contribution in [1.82, 2.24) is 19.5 Å². The van der Waals surface area contributed by atoms with Gasteiger partial charge >= 0.3 is 0 Å². The fourth-order valence-corrected chi connectivity index (χ4v) is 9.48. The van der Waals surface area contributed by atoms with E-state index in [4.69, 9.17) is 19.4 Å². The van der Waals surface area contributed by atoms with Crippen LogP contribution < -0.4 is 0 Å². The summed E-state index contributed by atoms with van der Waals surface area (Å²) in [6.45, 7) is 0. The smallest absolute Gasteiger partial charge is 0.164 e. The minimum atomic E-state index is 0.606. The van der Waals surface area contributed by atoms with Gasteiger partial charge in [0.1, 0.15) is 5.58 Å². The molecule has 57 heavy (non-hydrogen) atoms. The minimum absolute atomic E-state index is 0.606. The fraction of sp³-hybridized carbons (Fsp3) is 0. The first-order valence-electron chi connectivity index (χ1n) is 19.0. The highest BCUT2D eigenvalue weighted by Gasteiger charge is 2.20. The van der Waals surface area contributed by atoms with Crippen molar-refractivity contribution in [3.05, 3.63) is 182 Å². The van der Waals surface area contributed by atoms with Crippen LogP contribution in [0.2, 0.25) is 0 Å². The van der Waals surface area contributed by atoms with Crippen LogP contribution in [0.4, 0.5) is 0 Å². The number of hydrogen-bond donors (Lipinski definition) is 0. The van der Waals surface area contributed by atoms with Crippen molar-refractivity contribution in [3.63, 3.8) is 0 Å². The molecule has 0 saturated heterocycles. The Labute approximate surface area is 330 Å². The lowest BCUT2D eigenvalue weighted by Gasteiger charge is -2.09. The molecule has 12 rings (SSSR count). The Morgan fingerprint density at radius 3 is 1.75 bits per heavy atom. The van der Waals surface area contributed by atoms with E-state index in [-0.39, 0.29) is 0 Å². The summed E-state index contributed by atoms with van der Waals surface area (Å²) in [5.74, 6) is 1.86. The van der Waals surface area contributed by atoms with Crippen LogP contribution >= 0.6 is 11.3 Å². The Bertz CT molecular complexity index is 3510. The number of nitrogens with zero attached hydrogens (tertiary/aromatic N) is 4. The average molecular weight is 747 g/mol. The molecule has 0 saturated carbocycles. The maximum atomic E-state index is 6.78. The van der Waals surface area contributed by atoms with E-state index >= 15 is 0 Å². The SMILES string of the molecule is c1ccc(-c2ccc(-c3nc(-c4ccc5c(c4)sc4ccccc45)nc(-c4ccc5oc6c(ccc7c8ccccc8n(-c8ccccc8)c76)c5c4)n3)cc2)cc1. The zero-order chi connectivity index (χ0) is 37.5. The zero-order valence-electron chi connectivity index (χ0n) is 30.4. The maximum Gasteiger partial charge on any atom is 0.164 e. The molecule has 0 aliphatic heterocycles. The first-order valence-corrected chi connectivity index (χ1v) is 19.8. The van der Waals surface area contributed by atoms with E-state index in [1.54, 1.807) is 11.3 Å². The first-order chi connectivity index (χ1) is 28.2. The van der Waals surface area contributed by atoms with Gasteiger partial charge in [-0.3, -0.25) is 0 Å². The number of fused-ring (bicyclic) bond motifs is 10. The van der Waals surface area contributed by atoms with Crippen LogP contribution in [0, 0.1) is 0 Å². The van der Waals surface area contributed by atoms with E-state index in [1.165, 1.54) is 31.1 Å². The topological polar surface area (TPSA) is 56.7 Å². The van der Waals surface area contributed by atoms with Gasteiger partial charge < -0.3 is 8.98 Å². The van der Waals surface area contributed by atoms with Crippen LogP contribution in [-0.4, -0.2) is 19.5 Å². The lowest BCUT2D eigenvalue weighted by Crippen LogP contribution is -2.00. The van der Waals surface area contributed by atoms with Crippen molar-refractivity contribution in [2.45, 2.75) is 0 Å². The normalized spacial score (nSPS) is 11.9. The Morgan fingerprint density at radius 1 is 0.386 bits per heavy atom. The second-order valence-corrected chi connectivity index (χ2v) is 15.5. The third-order valence-corrected chi connectivity index (χ3v) is 12.2. The molecule has 266 valence electrons. The number of thiophene rings is 1. The molecule has 0 N–H and O–H groups in total. The second kappa shape index (κ2) is 12.6. The number of benzene rings is 8. The van der Waals surface area contributed by atoms with Crippen molar-refractivity contribution >= 4 is 75.3 Å². The van der Waals surface area contributed by atoms with Crippen molar-refractivity contribution in [2.24, 2.45) is 0 Å². The molecule has 0 spiro atoms. The number of furan rings is 1. The molecule has 6 heteroatoms.